The topological polar surface area (TPSA) is 32.3 Å². The molecule has 0 radical (unpaired) electrons. The van der Waals surface area contributed by atoms with Crippen LogP contribution in [-0.4, -0.2) is 35.5 Å². The van der Waals surface area contributed by atoms with Crippen molar-refractivity contribution in [2.45, 2.75) is 45.7 Å². The van der Waals surface area contributed by atoms with Crippen LogP contribution in [0.4, 0.5) is 4.39 Å². The van der Waals surface area contributed by atoms with Crippen LogP contribution in [0.2, 0.25) is 0 Å². The first kappa shape index (κ1) is 16.0. The van der Waals surface area contributed by atoms with E-state index in [0.717, 1.165) is 13.0 Å². The smallest absolute Gasteiger partial charge is 0.254 e. The molecule has 116 valence electrons. The van der Waals surface area contributed by atoms with E-state index in [1.807, 2.05) is 4.90 Å². The molecule has 1 aliphatic rings. The van der Waals surface area contributed by atoms with Gasteiger partial charge in [-0.1, -0.05) is 13.8 Å². The molecule has 1 N–H and O–H groups in total. The highest BCUT2D eigenvalue weighted by Gasteiger charge is 2.37. The Morgan fingerprint density at radius 2 is 2.00 bits per heavy atom. The predicted molar refractivity (Wildman–Crippen MR) is 82.8 cm³/mol. The predicted octanol–water partition coefficient (Wildman–Crippen LogP) is 3.06. The van der Waals surface area contributed by atoms with Gasteiger partial charge in [0.25, 0.3) is 5.91 Å². The third-order valence-corrected chi connectivity index (χ3v) is 4.05. The maximum atomic E-state index is 13.0. The number of benzene rings is 1. The van der Waals surface area contributed by atoms with Gasteiger partial charge in [-0.3, -0.25) is 4.79 Å². The van der Waals surface area contributed by atoms with Crippen LogP contribution in [0.3, 0.4) is 0 Å². The Morgan fingerprint density at radius 3 is 2.57 bits per heavy atom. The molecule has 0 bridgehead atoms. The summed E-state index contributed by atoms with van der Waals surface area (Å²) in [7, 11) is 0. The van der Waals surface area contributed by atoms with Crippen molar-refractivity contribution in [3.63, 3.8) is 0 Å². The number of hydrogen-bond donors (Lipinski definition) is 1. The van der Waals surface area contributed by atoms with Crippen LogP contribution in [0.15, 0.2) is 24.3 Å². The number of hydrogen-bond acceptors (Lipinski definition) is 2. The summed E-state index contributed by atoms with van der Waals surface area (Å²) in [6.07, 6.45) is 1.04. The molecule has 1 atom stereocenters. The molecule has 1 aliphatic heterocycles. The highest BCUT2D eigenvalue weighted by molar-refractivity contribution is 5.94. The van der Waals surface area contributed by atoms with Gasteiger partial charge < -0.3 is 10.2 Å². The zero-order chi connectivity index (χ0) is 15.6. The molecule has 1 saturated heterocycles. The Hall–Kier alpha value is -1.42. The van der Waals surface area contributed by atoms with Gasteiger partial charge >= 0.3 is 0 Å². The summed E-state index contributed by atoms with van der Waals surface area (Å²) in [5, 5.41) is 3.53. The fourth-order valence-electron chi connectivity index (χ4n) is 2.85. The van der Waals surface area contributed by atoms with Gasteiger partial charge in [0, 0.05) is 24.7 Å². The lowest BCUT2D eigenvalue weighted by molar-refractivity contribution is 0.0377. The van der Waals surface area contributed by atoms with Gasteiger partial charge in [0.05, 0.1) is 5.54 Å². The number of halogens is 1. The van der Waals surface area contributed by atoms with Gasteiger partial charge in [-0.05, 0) is 50.5 Å². The zero-order valence-corrected chi connectivity index (χ0v) is 13.3. The van der Waals surface area contributed by atoms with Crippen molar-refractivity contribution in [2.75, 3.05) is 13.1 Å². The third-order valence-electron chi connectivity index (χ3n) is 4.05. The van der Waals surface area contributed by atoms with E-state index >= 15 is 0 Å². The fraction of sp³-hybridized carbons (Fsp3) is 0.588. The van der Waals surface area contributed by atoms with Crippen molar-refractivity contribution in [1.29, 1.82) is 0 Å². The highest BCUT2D eigenvalue weighted by atomic mass is 19.1. The first-order valence-electron chi connectivity index (χ1n) is 7.60. The molecule has 1 unspecified atom stereocenters. The average Bonchev–Trinajstić information content (AvgIpc) is 2.40. The standard InChI is InChI=1S/C17H25FN2O/c1-12(2)9-15-10-20(17(3,4)11-19-15)16(21)13-5-7-14(18)8-6-13/h5-8,12,15,19H,9-11H2,1-4H3. The van der Waals surface area contributed by atoms with Crippen molar-refractivity contribution in [3.8, 4) is 0 Å². The first-order chi connectivity index (χ1) is 9.79. The summed E-state index contributed by atoms with van der Waals surface area (Å²) in [6, 6.07) is 6.13. The summed E-state index contributed by atoms with van der Waals surface area (Å²) in [5.74, 6) is 0.255. The minimum absolute atomic E-state index is 0.0183. The van der Waals surface area contributed by atoms with Crippen molar-refractivity contribution in [2.24, 2.45) is 5.92 Å². The van der Waals surface area contributed by atoms with E-state index in [-0.39, 0.29) is 17.3 Å². The number of carbonyl (C=O) groups is 1. The van der Waals surface area contributed by atoms with Crippen LogP contribution in [0.1, 0.15) is 44.5 Å². The number of rotatable bonds is 3. The van der Waals surface area contributed by atoms with E-state index in [9.17, 15) is 9.18 Å². The zero-order valence-electron chi connectivity index (χ0n) is 13.3. The Balaban J connectivity index is 2.17. The molecule has 0 aromatic heterocycles. The Bertz CT molecular complexity index is 496. The lowest BCUT2D eigenvalue weighted by Crippen LogP contribution is -2.63. The normalized spacial score (nSPS) is 21.6. The van der Waals surface area contributed by atoms with E-state index in [1.54, 1.807) is 12.1 Å². The molecule has 1 amide bonds. The molecule has 21 heavy (non-hydrogen) atoms. The largest absolute Gasteiger partial charge is 0.331 e. The van der Waals surface area contributed by atoms with E-state index in [4.69, 9.17) is 0 Å². The molecule has 1 aromatic rings. The summed E-state index contributed by atoms with van der Waals surface area (Å²) in [6.45, 7) is 9.97. The molecular formula is C17H25FN2O. The molecule has 2 rings (SSSR count). The molecule has 1 fully saturated rings. The second-order valence-corrected chi connectivity index (χ2v) is 6.94. The second kappa shape index (κ2) is 6.14. The molecule has 3 nitrogen and oxygen atoms in total. The SMILES string of the molecule is CC(C)CC1CN(C(=O)c2ccc(F)cc2)C(C)(C)CN1. The lowest BCUT2D eigenvalue weighted by Gasteiger charge is -2.46. The van der Waals surface area contributed by atoms with E-state index in [1.165, 1.54) is 12.1 Å². The van der Waals surface area contributed by atoms with Gasteiger partial charge in [-0.25, -0.2) is 4.39 Å². The molecule has 0 saturated carbocycles. The minimum Gasteiger partial charge on any atom is -0.331 e. The fourth-order valence-corrected chi connectivity index (χ4v) is 2.85. The molecule has 4 heteroatoms. The van der Waals surface area contributed by atoms with Gasteiger partial charge in [-0.2, -0.15) is 0 Å². The second-order valence-electron chi connectivity index (χ2n) is 6.94. The Kier molecular flexibility index (Phi) is 4.67. The molecule has 0 spiro atoms. The monoisotopic (exact) mass is 292 g/mol. The van der Waals surface area contributed by atoms with Gasteiger partial charge in [0.2, 0.25) is 0 Å². The molecule has 0 aliphatic carbocycles. The minimum atomic E-state index is -0.316. The van der Waals surface area contributed by atoms with Crippen molar-refractivity contribution >= 4 is 5.91 Å². The van der Waals surface area contributed by atoms with E-state index < -0.39 is 0 Å². The Morgan fingerprint density at radius 1 is 1.38 bits per heavy atom. The highest BCUT2D eigenvalue weighted by Crippen LogP contribution is 2.23. The number of amides is 1. The van der Waals surface area contributed by atoms with Crippen molar-refractivity contribution in [3.05, 3.63) is 35.6 Å². The first-order valence-corrected chi connectivity index (χ1v) is 7.60. The number of carbonyl (C=O) groups excluding carboxylic acids is 1. The number of nitrogens with one attached hydrogen (secondary N) is 1. The maximum absolute atomic E-state index is 13.0. The molecule has 1 aromatic carbocycles. The van der Waals surface area contributed by atoms with Crippen molar-refractivity contribution < 1.29 is 9.18 Å². The van der Waals surface area contributed by atoms with Crippen LogP contribution in [0.5, 0.6) is 0 Å². The van der Waals surface area contributed by atoms with E-state index in [0.29, 0.717) is 24.1 Å². The Labute approximate surface area is 126 Å². The summed E-state index contributed by atoms with van der Waals surface area (Å²) in [5.41, 5.74) is 0.313. The van der Waals surface area contributed by atoms with Crippen LogP contribution in [0, 0.1) is 11.7 Å². The average molecular weight is 292 g/mol. The van der Waals surface area contributed by atoms with Crippen LogP contribution in [0.25, 0.3) is 0 Å². The third kappa shape index (κ3) is 3.82. The number of nitrogens with zero attached hydrogens (tertiary/aromatic N) is 1. The van der Waals surface area contributed by atoms with Crippen LogP contribution >= 0.6 is 0 Å². The van der Waals surface area contributed by atoms with Crippen LogP contribution in [-0.2, 0) is 0 Å². The lowest BCUT2D eigenvalue weighted by atomic mass is 9.93. The van der Waals surface area contributed by atoms with Gasteiger partial charge in [0.15, 0.2) is 0 Å². The summed E-state index contributed by atoms with van der Waals surface area (Å²) >= 11 is 0. The van der Waals surface area contributed by atoms with E-state index in [2.05, 4.69) is 33.0 Å². The van der Waals surface area contributed by atoms with Crippen LogP contribution < -0.4 is 5.32 Å². The maximum Gasteiger partial charge on any atom is 0.254 e. The molecular weight excluding hydrogens is 267 g/mol. The van der Waals surface area contributed by atoms with Crippen molar-refractivity contribution in [1.82, 2.24) is 10.2 Å². The quantitative estimate of drug-likeness (QED) is 0.928. The van der Waals surface area contributed by atoms with Gasteiger partial charge in [-0.15, -0.1) is 0 Å². The van der Waals surface area contributed by atoms with Gasteiger partial charge in [0.1, 0.15) is 5.82 Å². The summed E-state index contributed by atoms with van der Waals surface area (Å²) < 4.78 is 13.0. The summed E-state index contributed by atoms with van der Waals surface area (Å²) in [4.78, 5) is 14.7. The number of piperazine rings is 1. The molecule has 1 heterocycles.